The maximum Gasteiger partial charge on any atom is 0.242 e. The fraction of sp³-hybridized carbons (Fsp3) is 0.118. The van der Waals surface area contributed by atoms with Gasteiger partial charge in [0.1, 0.15) is 6.10 Å². The van der Waals surface area contributed by atoms with Gasteiger partial charge in [-0.05, 0) is 5.56 Å². The zero-order valence-electron chi connectivity index (χ0n) is 12.0. The molecule has 1 heterocycles. The average molecular weight is 293 g/mol. The standard InChI is InChI=1S/C17H15N3O2/c1-22-17-14(15(21)12-8-4-2-5-9-12)19-20-16(18-17)13-10-6-3-7-11-13/h2-11,15,21H,1H3. The highest BCUT2D eigenvalue weighted by atomic mass is 16.5. The van der Waals surface area contributed by atoms with Gasteiger partial charge in [-0.1, -0.05) is 60.7 Å². The number of aliphatic hydroxyl groups is 1. The van der Waals surface area contributed by atoms with E-state index in [2.05, 4.69) is 15.2 Å². The third-order valence-corrected chi connectivity index (χ3v) is 3.28. The molecule has 0 aliphatic carbocycles. The molecule has 5 nitrogen and oxygen atoms in total. The smallest absolute Gasteiger partial charge is 0.242 e. The lowest BCUT2D eigenvalue weighted by Gasteiger charge is -2.13. The van der Waals surface area contributed by atoms with Gasteiger partial charge in [0.2, 0.25) is 5.88 Å². The summed E-state index contributed by atoms with van der Waals surface area (Å²) in [5.74, 6) is 0.728. The SMILES string of the molecule is COc1nc(-c2ccccc2)nnc1C(O)c1ccccc1. The average Bonchev–Trinajstić information content (AvgIpc) is 2.62. The van der Waals surface area contributed by atoms with E-state index < -0.39 is 6.10 Å². The van der Waals surface area contributed by atoms with Crippen molar-refractivity contribution in [3.8, 4) is 17.3 Å². The Kier molecular flexibility index (Phi) is 4.07. The van der Waals surface area contributed by atoms with Crippen LogP contribution in [0, 0.1) is 0 Å². The quantitative estimate of drug-likeness (QED) is 0.801. The van der Waals surface area contributed by atoms with E-state index in [4.69, 9.17) is 4.74 Å². The van der Waals surface area contributed by atoms with Crippen LogP contribution in [0.25, 0.3) is 11.4 Å². The predicted molar refractivity (Wildman–Crippen MR) is 82.3 cm³/mol. The highest BCUT2D eigenvalue weighted by molar-refractivity contribution is 5.54. The van der Waals surface area contributed by atoms with Crippen LogP contribution in [-0.2, 0) is 0 Å². The lowest BCUT2D eigenvalue weighted by atomic mass is 10.1. The molecule has 0 aliphatic rings. The van der Waals surface area contributed by atoms with Crippen LogP contribution >= 0.6 is 0 Å². The number of methoxy groups -OCH3 is 1. The highest BCUT2D eigenvalue weighted by Gasteiger charge is 2.20. The van der Waals surface area contributed by atoms with E-state index in [9.17, 15) is 5.11 Å². The lowest BCUT2D eigenvalue weighted by molar-refractivity contribution is 0.206. The van der Waals surface area contributed by atoms with E-state index in [0.29, 0.717) is 17.1 Å². The van der Waals surface area contributed by atoms with E-state index in [1.807, 2.05) is 60.7 Å². The summed E-state index contributed by atoms with van der Waals surface area (Å²) in [4.78, 5) is 4.35. The van der Waals surface area contributed by atoms with Crippen LogP contribution in [0.1, 0.15) is 17.4 Å². The minimum atomic E-state index is -0.930. The molecule has 1 aromatic heterocycles. The van der Waals surface area contributed by atoms with Crippen molar-refractivity contribution in [1.82, 2.24) is 15.2 Å². The molecule has 0 aliphatic heterocycles. The molecular formula is C17H15N3O2. The summed E-state index contributed by atoms with van der Waals surface area (Å²) in [6.07, 6.45) is -0.930. The van der Waals surface area contributed by atoms with Crippen LogP contribution in [0.5, 0.6) is 5.88 Å². The maximum atomic E-state index is 10.4. The van der Waals surface area contributed by atoms with Crippen LogP contribution in [0.4, 0.5) is 0 Å². The molecule has 0 spiro atoms. The Bertz CT molecular complexity index is 748. The molecule has 1 unspecified atom stereocenters. The van der Waals surface area contributed by atoms with E-state index in [1.54, 1.807) is 0 Å². The second-order valence-corrected chi connectivity index (χ2v) is 4.71. The van der Waals surface area contributed by atoms with Crippen molar-refractivity contribution in [2.45, 2.75) is 6.10 Å². The van der Waals surface area contributed by atoms with Gasteiger partial charge >= 0.3 is 0 Å². The zero-order chi connectivity index (χ0) is 15.4. The minimum Gasteiger partial charge on any atom is -0.480 e. The Hall–Kier alpha value is -2.79. The van der Waals surface area contributed by atoms with Crippen molar-refractivity contribution < 1.29 is 9.84 Å². The Labute approximate surface area is 128 Å². The molecule has 5 heteroatoms. The molecule has 0 radical (unpaired) electrons. The Balaban J connectivity index is 2.00. The first-order chi connectivity index (χ1) is 10.8. The Morgan fingerprint density at radius 3 is 2.18 bits per heavy atom. The monoisotopic (exact) mass is 293 g/mol. The number of aliphatic hydroxyl groups excluding tert-OH is 1. The van der Waals surface area contributed by atoms with Crippen LogP contribution in [-0.4, -0.2) is 27.4 Å². The summed E-state index contributed by atoms with van der Waals surface area (Å²) in [7, 11) is 1.50. The van der Waals surface area contributed by atoms with Gasteiger partial charge in [0.15, 0.2) is 11.5 Å². The molecule has 3 aromatic rings. The first-order valence-corrected chi connectivity index (χ1v) is 6.86. The molecule has 2 aromatic carbocycles. The fourth-order valence-electron chi connectivity index (χ4n) is 2.14. The van der Waals surface area contributed by atoms with Crippen molar-refractivity contribution >= 4 is 0 Å². The van der Waals surface area contributed by atoms with Crippen molar-refractivity contribution in [2.24, 2.45) is 0 Å². The second kappa shape index (κ2) is 6.32. The molecule has 0 fully saturated rings. The molecule has 1 N–H and O–H groups in total. The molecule has 1 atom stereocenters. The number of nitrogens with zero attached hydrogens (tertiary/aromatic N) is 3. The van der Waals surface area contributed by atoms with E-state index in [1.165, 1.54) is 7.11 Å². The van der Waals surface area contributed by atoms with Crippen LogP contribution < -0.4 is 4.74 Å². The fourth-order valence-corrected chi connectivity index (χ4v) is 2.14. The summed E-state index contributed by atoms with van der Waals surface area (Å²) in [5, 5.41) is 18.7. The van der Waals surface area contributed by atoms with E-state index in [-0.39, 0.29) is 5.88 Å². The first kappa shape index (κ1) is 14.2. The number of ether oxygens (including phenoxy) is 1. The summed E-state index contributed by atoms with van der Waals surface area (Å²) >= 11 is 0. The van der Waals surface area contributed by atoms with E-state index >= 15 is 0 Å². The molecular weight excluding hydrogens is 278 g/mol. The second-order valence-electron chi connectivity index (χ2n) is 4.71. The molecule has 0 saturated carbocycles. The van der Waals surface area contributed by atoms with Crippen molar-refractivity contribution in [1.29, 1.82) is 0 Å². The van der Waals surface area contributed by atoms with E-state index in [0.717, 1.165) is 5.56 Å². The Morgan fingerprint density at radius 1 is 0.909 bits per heavy atom. The van der Waals surface area contributed by atoms with Crippen LogP contribution in [0.15, 0.2) is 60.7 Å². The molecule has 110 valence electrons. The number of aromatic nitrogens is 3. The van der Waals surface area contributed by atoms with Crippen LogP contribution in [0.2, 0.25) is 0 Å². The van der Waals surface area contributed by atoms with Gasteiger partial charge in [-0.15, -0.1) is 10.2 Å². The van der Waals surface area contributed by atoms with Gasteiger partial charge < -0.3 is 9.84 Å². The van der Waals surface area contributed by atoms with Gasteiger partial charge in [0.25, 0.3) is 0 Å². The van der Waals surface area contributed by atoms with Gasteiger partial charge in [-0.2, -0.15) is 4.98 Å². The van der Waals surface area contributed by atoms with Gasteiger partial charge in [0, 0.05) is 5.56 Å². The summed E-state index contributed by atoms with van der Waals surface area (Å²) < 4.78 is 5.28. The molecule has 22 heavy (non-hydrogen) atoms. The summed E-state index contributed by atoms with van der Waals surface area (Å²) in [5.41, 5.74) is 1.85. The van der Waals surface area contributed by atoms with Gasteiger partial charge in [-0.3, -0.25) is 0 Å². The lowest BCUT2D eigenvalue weighted by Crippen LogP contribution is -2.09. The maximum absolute atomic E-state index is 10.4. The normalized spacial score (nSPS) is 11.9. The number of rotatable bonds is 4. The minimum absolute atomic E-state index is 0.269. The third kappa shape index (κ3) is 2.80. The van der Waals surface area contributed by atoms with Crippen molar-refractivity contribution in [3.05, 3.63) is 71.9 Å². The first-order valence-electron chi connectivity index (χ1n) is 6.86. The zero-order valence-corrected chi connectivity index (χ0v) is 12.0. The van der Waals surface area contributed by atoms with Crippen molar-refractivity contribution in [2.75, 3.05) is 7.11 Å². The largest absolute Gasteiger partial charge is 0.480 e. The molecule has 0 bridgehead atoms. The van der Waals surface area contributed by atoms with Crippen LogP contribution in [0.3, 0.4) is 0 Å². The number of benzene rings is 2. The van der Waals surface area contributed by atoms with Crippen molar-refractivity contribution in [3.63, 3.8) is 0 Å². The van der Waals surface area contributed by atoms with Gasteiger partial charge in [0.05, 0.1) is 7.11 Å². The predicted octanol–water partition coefficient (Wildman–Crippen LogP) is 2.63. The highest BCUT2D eigenvalue weighted by Crippen LogP contribution is 2.27. The molecule has 0 saturated heterocycles. The third-order valence-electron chi connectivity index (χ3n) is 3.28. The topological polar surface area (TPSA) is 68.1 Å². The molecule has 0 amide bonds. The number of hydrogen-bond acceptors (Lipinski definition) is 5. The van der Waals surface area contributed by atoms with Gasteiger partial charge in [-0.25, -0.2) is 0 Å². The number of hydrogen-bond donors (Lipinski definition) is 1. The summed E-state index contributed by atoms with van der Waals surface area (Å²) in [6, 6.07) is 18.7. The summed E-state index contributed by atoms with van der Waals surface area (Å²) in [6.45, 7) is 0. The Morgan fingerprint density at radius 2 is 1.55 bits per heavy atom. The molecule has 3 rings (SSSR count).